The minimum atomic E-state index is 0.0327. The average molecular weight is 370 g/mol. The van der Waals surface area contributed by atoms with Gasteiger partial charge in [-0.2, -0.15) is 0 Å². The Morgan fingerprint density at radius 2 is 2.12 bits per heavy atom. The number of carbonyl (C=O) groups is 1. The van der Waals surface area contributed by atoms with Gasteiger partial charge in [0.05, 0.1) is 30.0 Å². The molecule has 0 bridgehead atoms. The van der Waals surface area contributed by atoms with Crippen molar-refractivity contribution in [2.45, 2.75) is 32.2 Å². The van der Waals surface area contributed by atoms with Gasteiger partial charge in [0.15, 0.2) is 11.5 Å². The number of aromatic nitrogens is 1. The molecule has 0 aliphatic carbocycles. The number of benzene rings is 1. The van der Waals surface area contributed by atoms with Crippen molar-refractivity contribution in [3.05, 3.63) is 45.9 Å². The highest BCUT2D eigenvalue weighted by Gasteiger charge is 2.29. The fourth-order valence-corrected chi connectivity index (χ4v) is 4.05. The minimum absolute atomic E-state index is 0.0327. The summed E-state index contributed by atoms with van der Waals surface area (Å²) in [6.07, 6.45) is 6.30. The van der Waals surface area contributed by atoms with Gasteiger partial charge in [-0.15, -0.1) is 11.3 Å². The Hall–Kier alpha value is -2.34. The zero-order valence-corrected chi connectivity index (χ0v) is 15.6. The van der Waals surface area contributed by atoms with Crippen LogP contribution in [-0.2, 0) is 4.79 Å². The first-order chi connectivity index (χ1) is 12.7. The van der Waals surface area contributed by atoms with Gasteiger partial charge in [0.2, 0.25) is 5.91 Å². The Morgan fingerprint density at radius 1 is 1.27 bits per heavy atom. The molecule has 1 saturated heterocycles. The van der Waals surface area contributed by atoms with Gasteiger partial charge in [-0.3, -0.25) is 4.79 Å². The maximum absolute atomic E-state index is 12.7. The Labute approximate surface area is 157 Å². The number of rotatable bonds is 3. The molecule has 5 nitrogen and oxygen atoms in total. The third-order valence-corrected chi connectivity index (χ3v) is 5.52. The number of likely N-dealkylation sites (tertiary alicyclic amines) is 1. The summed E-state index contributed by atoms with van der Waals surface area (Å²) in [7, 11) is 0. The highest BCUT2D eigenvalue weighted by atomic mass is 32.1. The number of thiazole rings is 1. The standard InChI is InChI=1S/C20H22N2O3S/c1-14-21-16(13-26-14)6-8-20(23)22-9-2-4-17(22)15-5-7-18-19(12-15)25-11-3-10-24-18/h5-8,12-13,17H,2-4,9-11H2,1H3/b8-6+. The quantitative estimate of drug-likeness (QED) is 0.767. The van der Waals surface area contributed by atoms with E-state index in [0.29, 0.717) is 13.2 Å². The van der Waals surface area contributed by atoms with E-state index in [9.17, 15) is 4.79 Å². The summed E-state index contributed by atoms with van der Waals surface area (Å²) in [6, 6.07) is 6.13. The van der Waals surface area contributed by atoms with E-state index in [1.165, 1.54) is 0 Å². The van der Waals surface area contributed by atoms with Crippen LogP contribution in [0.15, 0.2) is 29.7 Å². The molecule has 136 valence electrons. The molecular weight excluding hydrogens is 348 g/mol. The van der Waals surface area contributed by atoms with Gasteiger partial charge in [0.25, 0.3) is 0 Å². The third-order valence-electron chi connectivity index (χ3n) is 4.73. The maximum Gasteiger partial charge on any atom is 0.247 e. The fraction of sp³-hybridized carbons (Fsp3) is 0.400. The van der Waals surface area contributed by atoms with Crippen molar-refractivity contribution >= 4 is 23.3 Å². The van der Waals surface area contributed by atoms with E-state index in [0.717, 1.165) is 53.6 Å². The van der Waals surface area contributed by atoms with E-state index in [1.54, 1.807) is 23.5 Å². The van der Waals surface area contributed by atoms with E-state index in [2.05, 4.69) is 11.1 Å². The Bertz CT molecular complexity index is 830. The van der Waals surface area contributed by atoms with Crippen LogP contribution in [0.1, 0.15) is 41.6 Å². The highest BCUT2D eigenvalue weighted by molar-refractivity contribution is 7.09. The normalized spacial score (nSPS) is 19.7. The van der Waals surface area contributed by atoms with Gasteiger partial charge in [-0.05, 0) is 43.5 Å². The predicted molar refractivity (Wildman–Crippen MR) is 102 cm³/mol. The lowest BCUT2D eigenvalue weighted by atomic mass is 10.0. The van der Waals surface area contributed by atoms with Gasteiger partial charge in [0.1, 0.15) is 0 Å². The van der Waals surface area contributed by atoms with E-state index >= 15 is 0 Å². The monoisotopic (exact) mass is 370 g/mol. The molecule has 6 heteroatoms. The lowest BCUT2D eigenvalue weighted by molar-refractivity contribution is -0.126. The third kappa shape index (κ3) is 3.60. The molecule has 0 spiro atoms. The zero-order valence-electron chi connectivity index (χ0n) is 14.8. The van der Waals surface area contributed by atoms with Crippen LogP contribution >= 0.6 is 11.3 Å². The summed E-state index contributed by atoms with van der Waals surface area (Å²) in [5, 5.41) is 2.97. The van der Waals surface area contributed by atoms with Gasteiger partial charge >= 0.3 is 0 Å². The summed E-state index contributed by atoms with van der Waals surface area (Å²) >= 11 is 1.59. The molecule has 0 radical (unpaired) electrons. The second-order valence-corrected chi connectivity index (χ2v) is 7.63. The molecule has 1 amide bonds. The van der Waals surface area contributed by atoms with Crippen LogP contribution in [0.3, 0.4) is 0 Å². The topological polar surface area (TPSA) is 51.7 Å². The number of ether oxygens (including phenoxy) is 2. The molecule has 1 atom stereocenters. The fourth-order valence-electron chi connectivity index (χ4n) is 3.47. The molecule has 1 aromatic heterocycles. The van der Waals surface area contributed by atoms with Crippen LogP contribution < -0.4 is 9.47 Å². The van der Waals surface area contributed by atoms with Gasteiger partial charge in [-0.25, -0.2) is 4.98 Å². The van der Waals surface area contributed by atoms with Crippen LogP contribution in [0, 0.1) is 6.92 Å². The zero-order chi connectivity index (χ0) is 17.9. The van der Waals surface area contributed by atoms with Crippen molar-refractivity contribution in [3.63, 3.8) is 0 Å². The number of nitrogens with zero attached hydrogens (tertiary/aromatic N) is 2. The molecule has 0 N–H and O–H groups in total. The Kier molecular flexibility index (Phi) is 4.93. The molecule has 26 heavy (non-hydrogen) atoms. The molecular formula is C20H22N2O3S. The lowest BCUT2D eigenvalue weighted by Crippen LogP contribution is -2.28. The summed E-state index contributed by atoms with van der Waals surface area (Å²) in [4.78, 5) is 19.0. The van der Waals surface area contributed by atoms with Crippen molar-refractivity contribution in [2.75, 3.05) is 19.8 Å². The first-order valence-electron chi connectivity index (χ1n) is 9.01. The Balaban J connectivity index is 1.52. The van der Waals surface area contributed by atoms with Gasteiger partial charge < -0.3 is 14.4 Å². The smallest absolute Gasteiger partial charge is 0.247 e. The second kappa shape index (κ2) is 7.50. The summed E-state index contributed by atoms with van der Waals surface area (Å²) in [5.74, 6) is 1.61. The summed E-state index contributed by atoms with van der Waals surface area (Å²) < 4.78 is 11.5. The molecule has 4 rings (SSSR count). The van der Waals surface area contributed by atoms with Crippen molar-refractivity contribution < 1.29 is 14.3 Å². The van der Waals surface area contributed by atoms with Crippen LogP contribution in [0.25, 0.3) is 6.08 Å². The molecule has 2 aliphatic rings. The largest absolute Gasteiger partial charge is 0.490 e. The maximum atomic E-state index is 12.7. The molecule has 1 aromatic carbocycles. The van der Waals surface area contributed by atoms with Crippen LogP contribution in [0.5, 0.6) is 11.5 Å². The van der Waals surface area contributed by atoms with Crippen molar-refractivity contribution in [2.24, 2.45) is 0 Å². The molecule has 2 aromatic rings. The van der Waals surface area contributed by atoms with Crippen molar-refractivity contribution in [1.29, 1.82) is 0 Å². The molecule has 3 heterocycles. The minimum Gasteiger partial charge on any atom is -0.490 e. The van der Waals surface area contributed by atoms with Crippen molar-refractivity contribution in [3.8, 4) is 11.5 Å². The number of hydrogen-bond donors (Lipinski definition) is 0. The SMILES string of the molecule is Cc1nc(/C=C/C(=O)N2CCCC2c2ccc3c(c2)OCCCO3)cs1. The number of amides is 1. The van der Waals surface area contributed by atoms with Gasteiger partial charge in [-0.1, -0.05) is 6.07 Å². The molecule has 1 unspecified atom stereocenters. The number of fused-ring (bicyclic) bond motifs is 1. The highest BCUT2D eigenvalue weighted by Crippen LogP contribution is 2.38. The average Bonchev–Trinajstić information content (AvgIpc) is 3.23. The second-order valence-electron chi connectivity index (χ2n) is 6.57. The van der Waals surface area contributed by atoms with Gasteiger partial charge in [0, 0.05) is 24.4 Å². The van der Waals surface area contributed by atoms with E-state index in [1.807, 2.05) is 29.3 Å². The van der Waals surface area contributed by atoms with E-state index in [4.69, 9.17) is 9.47 Å². The number of carbonyl (C=O) groups excluding carboxylic acids is 1. The van der Waals surface area contributed by atoms with Crippen LogP contribution in [0.2, 0.25) is 0 Å². The Morgan fingerprint density at radius 3 is 2.92 bits per heavy atom. The first kappa shape index (κ1) is 17.1. The van der Waals surface area contributed by atoms with E-state index in [-0.39, 0.29) is 11.9 Å². The molecule has 1 fully saturated rings. The first-order valence-corrected chi connectivity index (χ1v) is 9.89. The van der Waals surface area contributed by atoms with Crippen molar-refractivity contribution in [1.82, 2.24) is 9.88 Å². The lowest BCUT2D eigenvalue weighted by Gasteiger charge is -2.24. The number of aryl methyl sites for hydroxylation is 1. The van der Waals surface area contributed by atoms with Crippen LogP contribution in [0.4, 0.5) is 0 Å². The van der Waals surface area contributed by atoms with E-state index < -0.39 is 0 Å². The summed E-state index contributed by atoms with van der Waals surface area (Å²) in [6.45, 7) is 4.09. The predicted octanol–water partition coefficient (Wildman–Crippen LogP) is 3.99. The molecule has 0 saturated carbocycles. The summed E-state index contributed by atoms with van der Waals surface area (Å²) in [5.41, 5.74) is 1.95. The van der Waals surface area contributed by atoms with Crippen LogP contribution in [-0.4, -0.2) is 35.5 Å². The number of hydrogen-bond acceptors (Lipinski definition) is 5. The molecule has 2 aliphatic heterocycles.